The first kappa shape index (κ1) is 17.0. The van der Waals surface area contributed by atoms with E-state index < -0.39 is 0 Å². The number of hydrogen-bond acceptors (Lipinski definition) is 2. The van der Waals surface area contributed by atoms with Gasteiger partial charge in [-0.1, -0.05) is 54.1 Å². The summed E-state index contributed by atoms with van der Waals surface area (Å²) in [4.78, 5) is 23.7. The molecule has 120 valence electrons. The van der Waals surface area contributed by atoms with Crippen molar-refractivity contribution >= 4 is 23.4 Å². The monoisotopic (exact) mass is 330 g/mol. The number of rotatable bonds is 6. The molecule has 0 aliphatic rings. The zero-order valence-corrected chi connectivity index (χ0v) is 13.6. The molecule has 0 fully saturated rings. The Morgan fingerprint density at radius 3 is 2.48 bits per heavy atom. The summed E-state index contributed by atoms with van der Waals surface area (Å²) in [5.74, 6) is -0.416. The molecule has 4 nitrogen and oxygen atoms in total. The number of carbonyl (C=O) groups is 2. The van der Waals surface area contributed by atoms with Crippen LogP contribution in [0.4, 0.5) is 0 Å². The summed E-state index contributed by atoms with van der Waals surface area (Å²) in [6.07, 6.45) is 0.262. The zero-order chi connectivity index (χ0) is 16.7. The average Bonchev–Trinajstić information content (AvgIpc) is 2.54. The normalized spacial score (nSPS) is 11.6. The molecule has 0 heterocycles. The quantitative estimate of drug-likeness (QED) is 0.855. The number of hydrogen-bond donors (Lipinski definition) is 2. The fourth-order valence-corrected chi connectivity index (χ4v) is 2.37. The average molecular weight is 331 g/mol. The van der Waals surface area contributed by atoms with Crippen LogP contribution >= 0.6 is 11.6 Å². The number of nitrogens with one attached hydrogen (secondary N) is 2. The molecular formula is C18H19ClN2O2. The summed E-state index contributed by atoms with van der Waals surface area (Å²) >= 11 is 5.94. The van der Waals surface area contributed by atoms with Gasteiger partial charge < -0.3 is 10.6 Å². The first-order valence-corrected chi connectivity index (χ1v) is 7.78. The third-order valence-corrected chi connectivity index (χ3v) is 3.61. The van der Waals surface area contributed by atoms with Gasteiger partial charge in [-0.05, 0) is 30.2 Å². The lowest BCUT2D eigenvalue weighted by Crippen LogP contribution is -2.38. The number of amides is 2. The lowest BCUT2D eigenvalue weighted by Gasteiger charge is -2.15. The smallest absolute Gasteiger partial charge is 0.239 e. The molecule has 2 aromatic carbocycles. The van der Waals surface area contributed by atoms with Crippen molar-refractivity contribution in [3.8, 4) is 0 Å². The van der Waals surface area contributed by atoms with Gasteiger partial charge in [0.05, 0.1) is 19.0 Å². The fraction of sp³-hybridized carbons (Fsp3) is 0.222. The number of halogens is 1. The van der Waals surface area contributed by atoms with E-state index in [2.05, 4.69) is 10.6 Å². The summed E-state index contributed by atoms with van der Waals surface area (Å²) in [5.41, 5.74) is 1.83. The second-order valence-corrected chi connectivity index (χ2v) is 5.72. The Kier molecular flexibility index (Phi) is 6.18. The molecule has 0 spiro atoms. The van der Waals surface area contributed by atoms with Crippen LogP contribution in [0, 0.1) is 0 Å². The molecule has 2 rings (SSSR count). The molecule has 0 aliphatic heterocycles. The standard InChI is InChI=1S/C18H19ClN2O2/c1-13(15-8-5-9-16(19)11-15)21-18(23)12-20-17(22)10-14-6-3-2-4-7-14/h2-9,11,13H,10,12H2,1H3,(H,20,22)(H,21,23). The van der Waals surface area contributed by atoms with Crippen LogP contribution in [0.2, 0.25) is 5.02 Å². The molecule has 0 saturated heterocycles. The Morgan fingerprint density at radius 2 is 1.78 bits per heavy atom. The SMILES string of the molecule is CC(NC(=O)CNC(=O)Cc1ccccc1)c1cccc(Cl)c1. The molecule has 1 unspecified atom stereocenters. The van der Waals surface area contributed by atoms with Gasteiger partial charge in [0.1, 0.15) is 0 Å². The van der Waals surface area contributed by atoms with Gasteiger partial charge in [0.15, 0.2) is 0 Å². The molecule has 0 radical (unpaired) electrons. The van der Waals surface area contributed by atoms with Gasteiger partial charge in [0.25, 0.3) is 0 Å². The molecule has 0 aromatic heterocycles. The molecule has 0 saturated carbocycles. The van der Waals surface area contributed by atoms with E-state index in [1.54, 1.807) is 12.1 Å². The maximum absolute atomic E-state index is 11.9. The van der Waals surface area contributed by atoms with E-state index in [4.69, 9.17) is 11.6 Å². The van der Waals surface area contributed by atoms with E-state index in [-0.39, 0.29) is 30.8 Å². The van der Waals surface area contributed by atoms with Gasteiger partial charge in [0.2, 0.25) is 11.8 Å². The fourth-order valence-electron chi connectivity index (χ4n) is 2.17. The Labute approximate surface area is 140 Å². The topological polar surface area (TPSA) is 58.2 Å². The molecule has 0 aliphatic carbocycles. The van der Waals surface area contributed by atoms with Crippen LogP contribution in [-0.2, 0) is 16.0 Å². The molecule has 23 heavy (non-hydrogen) atoms. The number of carbonyl (C=O) groups excluding carboxylic acids is 2. The highest BCUT2D eigenvalue weighted by Gasteiger charge is 2.11. The van der Waals surface area contributed by atoms with Crippen molar-refractivity contribution < 1.29 is 9.59 Å². The zero-order valence-electron chi connectivity index (χ0n) is 12.9. The van der Waals surface area contributed by atoms with Crippen molar-refractivity contribution in [2.45, 2.75) is 19.4 Å². The van der Waals surface area contributed by atoms with Crippen LogP contribution in [0.5, 0.6) is 0 Å². The summed E-state index contributed by atoms with van der Waals surface area (Å²) < 4.78 is 0. The van der Waals surface area contributed by atoms with Gasteiger partial charge in [-0.15, -0.1) is 0 Å². The van der Waals surface area contributed by atoms with E-state index >= 15 is 0 Å². The molecule has 5 heteroatoms. The second kappa shape index (κ2) is 8.34. The number of benzene rings is 2. The molecule has 2 N–H and O–H groups in total. The Balaban J connectivity index is 1.77. The first-order valence-electron chi connectivity index (χ1n) is 7.40. The van der Waals surface area contributed by atoms with Crippen molar-refractivity contribution in [1.29, 1.82) is 0 Å². The second-order valence-electron chi connectivity index (χ2n) is 5.28. The highest BCUT2D eigenvalue weighted by atomic mass is 35.5. The minimum Gasteiger partial charge on any atom is -0.348 e. The Bertz CT molecular complexity index is 674. The third kappa shape index (κ3) is 5.75. The minimum atomic E-state index is -0.237. The van der Waals surface area contributed by atoms with Crippen molar-refractivity contribution in [2.75, 3.05) is 6.54 Å². The lowest BCUT2D eigenvalue weighted by molar-refractivity contribution is -0.126. The van der Waals surface area contributed by atoms with Gasteiger partial charge in [-0.3, -0.25) is 9.59 Å². The molecule has 2 aromatic rings. The van der Waals surface area contributed by atoms with Crippen LogP contribution in [0.3, 0.4) is 0 Å². The van der Waals surface area contributed by atoms with Crippen LogP contribution in [0.25, 0.3) is 0 Å². The minimum absolute atomic E-state index is 0.0451. The van der Waals surface area contributed by atoms with Crippen LogP contribution in [0.15, 0.2) is 54.6 Å². The Hall–Kier alpha value is -2.33. The highest BCUT2D eigenvalue weighted by molar-refractivity contribution is 6.30. The van der Waals surface area contributed by atoms with Crippen molar-refractivity contribution in [1.82, 2.24) is 10.6 Å². The summed E-state index contributed by atoms with van der Waals surface area (Å²) in [6.45, 7) is 1.83. The van der Waals surface area contributed by atoms with Crippen LogP contribution in [0.1, 0.15) is 24.1 Å². The highest BCUT2D eigenvalue weighted by Crippen LogP contribution is 2.17. The lowest BCUT2D eigenvalue weighted by atomic mass is 10.1. The van der Waals surface area contributed by atoms with Crippen molar-refractivity contribution in [3.63, 3.8) is 0 Å². The van der Waals surface area contributed by atoms with Crippen LogP contribution < -0.4 is 10.6 Å². The molecule has 0 bridgehead atoms. The largest absolute Gasteiger partial charge is 0.348 e. The van der Waals surface area contributed by atoms with Gasteiger partial charge in [0, 0.05) is 5.02 Å². The van der Waals surface area contributed by atoms with E-state index in [0.29, 0.717) is 5.02 Å². The predicted octanol–water partition coefficient (Wildman–Crippen LogP) is 2.88. The van der Waals surface area contributed by atoms with E-state index in [0.717, 1.165) is 11.1 Å². The van der Waals surface area contributed by atoms with Crippen molar-refractivity contribution in [2.24, 2.45) is 0 Å². The van der Waals surface area contributed by atoms with Gasteiger partial charge >= 0.3 is 0 Å². The van der Waals surface area contributed by atoms with Crippen LogP contribution in [-0.4, -0.2) is 18.4 Å². The molecule has 1 atom stereocenters. The Morgan fingerprint density at radius 1 is 1.04 bits per heavy atom. The summed E-state index contributed by atoms with van der Waals surface area (Å²) in [6, 6.07) is 16.5. The van der Waals surface area contributed by atoms with E-state index in [1.165, 1.54) is 0 Å². The van der Waals surface area contributed by atoms with E-state index in [9.17, 15) is 9.59 Å². The summed E-state index contributed by atoms with van der Waals surface area (Å²) in [7, 11) is 0. The maximum atomic E-state index is 11.9. The molecule has 2 amide bonds. The van der Waals surface area contributed by atoms with Gasteiger partial charge in [-0.2, -0.15) is 0 Å². The van der Waals surface area contributed by atoms with Gasteiger partial charge in [-0.25, -0.2) is 0 Å². The third-order valence-electron chi connectivity index (χ3n) is 3.38. The van der Waals surface area contributed by atoms with Crippen molar-refractivity contribution in [3.05, 3.63) is 70.7 Å². The first-order chi connectivity index (χ1) is 11.0. The predicted molar refractivity (Wildman–Crippen MR) is 91.2 cm³/mol. The maximum Gasteiger partial charge on any atom is 0.239 e. The van der Waals surface area contributed by atoms with E-state index in [1.807, 2.05) is 49.4 Å². The molecular weight excluding hydrogens is 312 g/mol. The summed E-state index contributed by atoms with van der Waals surface area (Å²) in [5, 5.41) is 6.08.